The van der Waals surface area contributed by atoms with Gasteiger partial charge in [0, 0.05) is 0 Å². The van der Waals surface area contributed by atoms with Crippen molar-refractivity contribution in [1.82, 2.24) is 0 Å². The lowest BCUT2D eigenvalue weighted by atomic mass is 9.98. The zero-order valence-electron chi connectivity index (χ0n) is 23.3. The molecule has 0 aromatic heterocycles. The van der Waals surface area contributed by atoms with Crippen molar-refractivity contribution in [3.63, 3.8) is 0 Å². The number of rotatable bonds is 9. The lowest BCUT2D eigenvalue weighted by Crippen LogP contribution is -2.62. The molecular weight excluding hydrogens is 568 g/mol. The molecule has 10 nitrogen and oxygen atoms in total. The molecule has 1 heterocycles. The quantitative estimate of drug-likeness (QED) is 0.221. The van der Waals surface area contributed by atoms with Crippen LogP contribution in [0.2, 0.25) is 0 Å². The number of aliphatic hydroxyl groups is 1. The van der Waals surface area contributed by atoms with Crippen molar-refractivity contribution < 1.29 is 48.0 Å². The van der Waals surface area contributed by atoms with Gasteiger partial charge in [0.25, 0.3) is 0 Å². The second kappa shape index (κ2) is 14.2. The molecule has 0 radical (unpaired) electrons. The van der Waals surface area contributed by atoms with Gasteiger partial charge in [-0.05, 0) is 48.5 Å². The summed E-state index contributed by atoms with van der Waals surface area (Å²) in [5.74, 6) is -3.22. The topological polar surface area (TPSA) is 135 Å². The van der Waals surface area contributed by atoms with Crippen LogP contribution >= 0.6 is 0 Å². The molecule has 4 aromatic carbocycles. The Morgan fingerprint density at radius 2 is 0.886 bits per heavy atom. The highest BCUT2D eigenvalue weighted by Gasteiger charge is 2.52. The van der Waals surface area contributed by atoms with Crippen LogP contribution in [-0.2, 0) is 23.7 Å². The molecule has 1 N–H and O–H groups in total. The average molecular weight is 597 g/mol. The van der Waals surface area contributed by atoms with Gasteiger partial charge in [0.15, 0.2) is 6.10 Å². The summed E-state index contributed by atoms with van der Waals surface area (Å²) < 4.78 is 28.3. The van der Waals surface area contributed by atoms with Crippen molar-refractivity contribution in [2.45, 2.75) is 30.7 Å². The summed E-state index contributed by atoms with van der Waals surface area (Å²) in [5, 5.41) is 11.4. The van der Waals surface area contributed by atoms with E-state index in [0.717, 1.165) is 0 Å². The fourth-order valence-corrected chi connectivity index (χ4v) is 4.48. The van der Waals surface area contributed by atoms with Crippen LogP contribution in [0.1, 0.15) is 41.4 Å². The smallest absolute Gasteiger partial charge is 0.340 e. The van der Waals surface area contributed by atoms with E-state index < -0.39 is 61.2 Å². The lowest BCUT2D eigenvalue weighted by Gasteiger charge is -2.42. The van der Waals surface area contributed by atoms with Crippen LogP contribution in [0.15, 0.2) is 121 Å². The van der Waals surface area contributed by atoms with E-state index in [0.29, 0.717) is 0 Å². The van der Waals surface area contributed by atoms with E-state index >= 15 is 0 Å². The Balaban J connectivity index is 1.46. The third-order valence-electron chi connectivity index (χ3n) is 6.74. The van der Waals surface area contributed by atoms with Crippen molar-refractivity contribution in [3.05, 3.63) is 144 Å². The standard InChI is InChI=1S/C34H28O10/c35-27-26(21-40-30(36)22-13-5-1-6-14-22)41-34(44-33(39)25-19-11-4-12-20-25)29(43-32(38)24-17-9-3-10-18-24)28(27)42-31(37)23-15-7-2-8-16-23/h1-20,26-29,34-35H,21H2/t26-,27+,28+,29-,34-/m1/s1. The predicted molar refractivity (Wildman–Crippen MR) is 155 cm³/mol. The van der Waals surface area contributed by atoms with Crippen molar-refractivity contribution in [1.29, 1.82) is 0 Å². The molecule has 0 aliphatic carbocycles. The lowest BCUT2D eigenvalue weighted by molar-refractivity contribution is -0.283. The molecule has 1 saturated heterocycles. The van der Waals surface area contributed by atoms with Crippen LogP contribution in [0.3, 0.4) is 0 Å². The first-order chi connectivity index (χ1) is 21.4. The number of benzene rings is 4. The Morgan fingerprint density at radius 1 is 0.523 bits per heavy atom. The zero-order valence-corrected chi connectivity index (χ0v) is 23.3. The van der Waals surface area contributed by atoms with Gasteiger partial charge in [-0.25, -0.2) is 19.2 Å². The molecule has 0 saturated carbocycles. The molecule has 1 fully saturated rings. The van der Waals surface area contributed by atoms with Crippen molar-refractivity contribution in [3.8, 4) is 0 Å². The number of hydrogen-bond acceptors (Lipinski definition) is 10. The molecule has 1 aliphatic rings. The Morgan fingerprint density at radius 3 is 1.32 bits per heavy atom. The molecule has 1 aliphatic heterocycles. The van der Waals surface area contributed by atoms with Crippen LogP contribution in [0.25, 0.3) is 0 Å². The second-order valence-electron chi connectivity index (χ2n) is 9.74. The van der Waals surface area contributed by atoms with E-state index in [2.05, 4.69) is 0 Å². The number of esters is 4. The Labute approximate surface area is 252 Å². The van der Waals surface area contributed by atoms with Crippen LogP contribution in [0.4, 0.5) is 0 Å². The zero-order chi connectivity index (χ0) is 30.9. The highest BCUT2D eigenvalue weighted by molar-refractivity contribution is 5.91. The van der Waals surface area contributed by atoms with E-state index in [1.54, 1.807) is 84.9 Å². The molecule has 0 spiro atoms. The molecule has 44 heavy (non-hydrogen) atoms. The number of aliphatic hydroxyl groups excluding tert-OH is 1. The van der Waals surface area contributed by atoms with Gasteiger partial charge >= 0.3 is 23.9 Å². The monoisotopic (exact) mass is 596 g/mol. The van der Waals surface area contributed by atoms with Gasteiger partial charge in [-0.15, -0.1) is 0 Å². The number of carbonyl (C=O) groups excluding carboxylic acids is 4. The van der Waals surface area contributed by atoms with Crippen LogP contribution < -0.4 is 0 Å². The fourth-order valence-electron chi connectivity index (χ4n) is 4.48. The first kappa shape index (κ1) is 30.1. The number of hydrogen-bond donors (Lipinski definition) is 1. The summed E-state index contributed by atoms with van der Waals surface area (Å²) in [6.07, 6.45) is -7.91. The van der Waals surface area contributed by atoms with E-state index in [9.17, 15) is 24.3 Å². The highest BCUT2D eigenvalue weighted by atomic mass is 16.7. The molecule has 10 heteroatoms. The third-order valence-corrected chi connectivity index (χ3v) is 6.74. The van der Waals surface area contributed by atoms with Gasteiger partial charge < -0.3 is 28.8 Å². The first-order valence-electron chi connectivity index (χ1n) is 13.7. The van der Waals surface area contributed by atoms with Crippen molar-refractivity contribution >= 4 is 23.9 Å². The average Bonchev–Trinajstić information content (AvgIpc) is 3.08. The second-order valence-corrected chi connectivity index (χ2v) is 9.74. The number of carbonyl (C=O) groups is 4. The molecule has 5 atom stereocenters. The maximum atomic E-state index is 13.2. The maximum Gasteiger partial charge on any atom is 0.340 e. The van der Waals surface area contributed by atoms with E-state index in [1.807, 2.05) is 0 Å². The normalized spacial score (nSPS) is 21.0. The predicted octanol–water partition coefficient (Wildman–Crippen LogP) is 4.24. The van der Waals surface area contributed by atoms with Gasteiger partial charge in [0.05, 0.1) is 22.3 Å². The van der Waals surface area contributed by atoms with Crippen LogP contribution in [-0.4, -0.2) is 66.3 Å². The molecule has 0 bridgehead atoms. The minimum atomic E-state index is -1.67. The minimum Gasteiger partial charge on any atom is -0.459 e. The highest BCUT2D eigenvalue weighted by Crippen LogP contribution is 2.30. The molecular formula is C34H28O10. The molecule has 4 aromatic rings. The van der Waals surface area contributed by atoms with Gasteiger partial charge in [-0.3, -0.25) is 0 Å². The Bertz CT molecular complexity index is 1560. The summed E-state index contributed by atoms with van der Waals surface area (Å²) in [7, 11) is 0. The summed E-state index contributed by atoms with van der Waals surface area (Å²) in [6.45, 7) is -0.507. The molecule has 224 valence electrons. The fraction of sp³-hybridized carbons (Fsp3) is 0.176. The number of ether oxygens (including phenoxy) is 5. The van der Waals surface area contributed by atoms with E-state index in [1.165, 1.54) is 36.4 Å². The van der Waals surface area contributed by atoms with Crippen molar-refractivity contribution in [2.75, 3.05) is 6.61 Å². The maximum absolute atomic E-state index is 13.2. The Kier molecular flexibility index (Phi) is 9.75. The third kappa shape index (κ3) is 7.35. The summed E-state index contributed by atoms with van der Waals surface area (Å²) in [4.78, 5) is 52.1. The molecule has 5 rings (SSSR count). The Hall–Kier alpha value is -5.32. The van der Waals surface area contributed by atoms with Gasteiger partial charge in [0.1, 0.15) is 18.8 Å². The molecule has 0 amide bonds. The van der Waals surface area contributed by atoms with E-state index in [-0.39, 0.29) is 22.3 Å². The van der Waals surface area contributed by atoms with E-state index in [4.69, 9.17) is 23.7 Å². The summed E-state index contributed by atoms with van der Waals surface area (Å²) in [6, 6.07) is 32.1. The summed E-state index contributed by atoms with van der Waals surface area (Å²) >= 11 is 0. The SMILES string of the molecule is O=C(OC[C@H]1O[C@H](OC(=O)c2ccccc2)[C@H](OC(=O)c2ccccc2)[C@@H](OC(=O)c2ccccc2)[C@H]1O)c1ccccc1. The summed E-state index contributed by atoms with van der Waals surface area (Å²) in [5.41, 5.74) is 0.734. The first-order valence-corrected chi connectivity index (χ1v) is 13.7. The van der Waals surface area contributed by atoms with Crippen LogP contribution in [0.5, 0.6) is 0 Å². The van der Waals surface area contributed by atoms with Gasteiger partial charge in [-0.2, -0.15) is 0 Å². The minimum absolute atomic E-state index is 0.155. The van der Waals surface area contributed by atoms with Gasteiger partial charge in [0.2, 0.25) is 12.4 Å². The van der Waals surface area contributed by atoms with Gasteiger partial charge in [-0.1, -0.05) is 72.8 Å². The van der Waals surface area contributed by atoms with Crippen molar-refractivity contribution in [2.24, 2.45) is 0 Å². The molecule has 0 unspecified atom stereocenters. The largest absolute Gasteiger partial charge is 0.459 e. The van der Waals surface area contributed by atoms with Crippen LogP contribution in [0, 0.1) is 0 Å².